The second-order valence-electron chi connectivity index (χ2n) is 7.67. The molecule has 1 aromatic carbocycles. The molecule has 2 heterocycles. The molecule has 0 unspecified atom stereocenters. The first-order valence-corrected chi connectivity index (χ1v) is 11.2. The van der Waals surface area contributed by atoms with Gasteiger partial charge in [-0.3, -0.25) is 9.69 Å². The van der Waals surface area contributed by atoms with E-state index in [9.17, 15) is 18.0 Å². The predicted octanol–water partition coefficient (Wildman–Crippen LogP) is 4.22. The molecule has 0 aliphatic carbocycles. The molecule has 0 spiro atoms. The molecule has 1 fully saturated rings. The third kappa shape index (κ3) is 6.52. The lowest BCUT2D eigenvalue weighted by Gasteiger charge is -2.36. The van der Waals surface area contributed by atoms with E-state index in [0.29, 0.717) is 50.0 Å². The van der Waals surface area contributed by atoms with Crippen LogP contribution in [0.4, 0.5) is 24.7 Å². The zero-order chi connectivity index (χ0) is 24.7. The van der Waals surface area contributed by atoms with Crippen molar-refractivity contribution in [1.82, 2.24) is 9.88 Å². The van der Waals surface area contributed by atoms with E-state index in [0.717, 1.165) is 12.3 Å². The van der Waals surface area contributed by atoms with Crippen LogP contribution < -0.4 is 14.5 Å². The van der Waals surface area contributed by atoms with Gasteiger partial charge in [0.05, 0.1) is 36.2 Å². The minimum Gasteiger partial charge on any atom is -0.494 e. The van der Waals surface area contributed by atoms with E-state index in [2.05, 4.69) is 11.1 Å². The lowest BCUT2D eigenvalue weighted by molar-refractivity contribution is -0.137. The number of aromatic nitrogens is 1. The van der Waals surface area contributed by atoms with Crippen LogP contribution in [0.2, 0.25) is 5.02 Å². The number of carbonyl (C=O) groups is 1. The van der Waals surface area contributed by atoms with Crippen LogP contribution in [0.3, 0.4) is 0 Å². The van der Waals surface area contributed by atoms with Crippen molar-refractivity contribution in [2.24, 2.45) is 0 Å². The number of alkyl halides is 3. The Morgan fingerprint density at radius 1 is 1.24 bits per heavy atom. The van der Waals surface area contributed by atoms with Crippen molar-refractivity contribution in [3.05, 3.63) is 47.1 Å². The molecule has 0 saturated carbocycles. The Morgan fingerprint density at radius 2 is 1.91 bits per heavy atom. The molecule has 3 rings (SSSR count). The number of benzene rings is 1. The Labute approximate surface area is 201 Å². The van der Waals surface area contributed by atoms with Crippen molar-refractivity contribution in [3.8, 4) is 11.8 Å². The van der Waals surface area contributed by atoms with Crippen molar-refractivity contribution in [2.45, 2.75) is 19.5 Å². The number of hydrogen-bond donors (Lipinski definition) is 0. The summed E-state index contributed by atoms with van der Waals surface area (Å²) >= 11 is 6.06. The van der Waals surface area contributed by atoms with Crippen molar-refractivity contribution in [2.75, 3.05) is 55.7 Å². The van der Waals surface area contributed by atoms with Gasteiger partial charge in [-0.1, -0.05) is 11.6 Å². The highest BCUT2D eigenvalue weighted by Gasteiger charge is 2.32. The van der Waals surface area contributed by atoms with Gasteiger partial charge in [0, 0.05) is 44.6 Å². The van der Waals surface area contributed by atoms with Crippen LogP contribution in [-0.2, 0) is 11.0 Å². The van der Waals surface area contributed by atoms with Gasteiger partial charge in [-0.05, 0) is 37.3 Å². The molecule has 1 aliphatic rings. The van der Waals surface area contributed by atoms with Gasteiger partial charge in [0.25, 0.3) is 0 Å². The van der Waals surface area contributed by atoms with Crippen molar-refractivity contribution in [3.63, 3.8) is 0 Å². The van der Waals surface area contributed by atoms with Gasteiger partial charge < -0.3 is 14.5 Å². The minimum atomic E-state index is -4.50. The summed E-state index contributed by atoms with van der Waals surface area (Å²) < 4.78 is 44.0. The maximum absolute atomic E-state index is 13.1. The monoisotopic (exact) mass is 495 g/mol. The fourth-order valence-electron chi connectivity index (χ4n) is 3.66. The molecule has 0 atom stereocenters. The molecule has 1 saturated heterocycles. The summed E-state index contributed by atoms with van der Waals surface area (Å²) in [5.74, 6) is 0.856. The Morgan fingerprint density at radius 3 is 2.47 bits per heavy atom. The first-order chi connectivity index (χ1) is 16.2. The number of anilines is 2. The summed E-state index contributed by atoms with van der Waals surface area (Å²) in [6.07, 6.45) is -3.53. The molecule has 0 N–H and O–H groups in total. The number of rotatable bonds is 8. The lowest BCUT2D eigenvalue weighted by Crippen LogP contribution is -2.50. The quantitative estimate of drug-likeness (QED) is 0.546. The summed E-state index contributed by atoms with van der Waals surface area (Å²) in [6.45, 7) is 4.81. The molecule has 1 aliphatic heterocycles. The van der Waals surface area contributed by atoms with E-state index < -0.39 is 11.7 Å². The number of carbonyl (C=O) groups excluding carboxylic acids is 1. The Bertz CT molecular complexity index is 1020. The Kier molecular flexibility index (Phi) is 8.58. The zero-order valence-corrected chi connectivity index (χ0v) is 19.4. The summed E-state index contributed by atoms with van der Waals surface area (Å²) in [6, 6.07) is 10.1. The third-order valence-electron chi connectivity index (χ3n) is 5.39. The number of nitrogens with zero attached hydrogens (tertiary/aromatic N) is 5. The molecular formula is C23H25ClF3N5O2. The normalized spacial score (nSPS) is 14.5. The van der Waals surface area contributed by atoms with Gasteiger partial charge in [0.15, 0.2) is 0 Å². The van der Waals surface area contributed by atoms with Crippen LogP contribution in [0, 0.1) is 11.3 Å². The number of hydrogen-bond acceptors (Lipinski definition) is 6. The number of pyridine rings is 1. The molecular weight excluding hydrogens is 471 g/mol. The van der Waals surface area contributed by atoms with E-state index in [-0.39, 0.29) is 30.4 Å². The van der Waals surface area contributed by atoms with Gasteiger partial charge >= 0.3 is 6.18 Å². The summed E-state index contributed by atoms with van der Waals surface area (Å²) in [5.41, 5.74) is -0.208. The van der Waals surface area contributed by atoms with Crippen molar-refractivity contribution >= 4 is 29.0 Å². The number of ether oxygens (including phenoxy) is 1. The molecule has 7 nitrogen and oxygen atoms in total. The molecule has 0 radical (unpaired) electrons. The summed E-state index contributed by atoms with van der Waals surface area (Å²) in [5, 5.41) is 8.94. The number of nitriles is 1. The Hall–Kier alpha value is -3.03. The minimum absolute atomic E-state index is 0.0578. The topological polar surface area (TPSA) is 72.7 Å². The van der Waals surface area contributed by atoms with Crippen LogP contribution in [0.1, 0.15) is 18.9 Å². The lowest BCUT2D eigenvalue weighted by atomic mass is 10.2. The third-order valence-corrected chi connectivity index (χ3v) is 5.67. The van der Waals surface area contributed by atoms with Crippen molar-refractivity contribution < 1.29 is 22.7 Å². The van der Waals surface area contributed by atoms with Crippen LogP contribution in [-0.4, -0.2) is 61.7 Å². The molecule has 34 heavy (non-hydrogen) atoms. The highest BCUT2D eigenvalue weighted by Crippen LogP contribution is 2.33. The average Bonchev–Trinajstić information content (AvgIpc) is 2.80. The SMILES string of the molecule is CCOc1ccc(N(CCC#N)C(=O)CN2CCN(c3ncc(C(F)(F)F)cc3Cl)CC2)cc1. The standard InChI is InChI=1S/C23H25ClF3N5O2/c1-2-34-19-6-4-18(5-7-19)32(9-3-8-28)21(33)16-30-10-12-31(13-11-30)22-20(24)14-17(15-29-22)23(25,26)27/h4-7,14-15H,2-3,9-13,16H2,1H3. The largest absolute Gasteiger partial charge is 0.494 e. The van der Waals surface area contributed by atoms with E-state index in [1.165, 1.54) is 0 Å². The van der Waals surface area contributed by atoms with Gasteiger partial charge in [0.1, 0.15) is 11.6 Å². The van der Waals surface area contributed by atoms with Crippen molar-refractivity contribution in [1.29, 1.82) is 5.26 Å². The fraction of sp³-hybridized carbons (Fsp3) is 0.435. The summed E-state index contributed by atoms with van der Waals surface area (Å²) in [7, 11) is 0. The van der Waals surface area contributed by atoms with Gasteiger partial charge in [-0.2, -0.15) is 18.4 Å². The zero-order valence-electron chi connectivity index (χ0n) is 18.7. The van der Waals surface area contributed by atoms with E-state index >= 15 is 0 Å². The first-order valence-electron chi connectivity index (χ1n) is 10.8. The maximum Gasteiger partial charge on any atom is 0.417 e. The van der Waals surface area contributed by atoms with Crippen LogP contribution in [0.15, 0.2) is 36.5 Å². The number of piperazine rings is 1. The number of halogens is 4. The fourth-order valence-corrected chi connectivity index (χ4v) is 3.95. The molecule has 11 heteroatoms. The average molecular weight is 496 g/mol. The molecule has 0 bridgehead atoms. The van der Waals surface area contributed by atoms with E-state index in [1.54, 1.807) is 29.2 Å². The van der Waals surface area contributed by atoms with Crippen LogP contribution >= 0.6 is 11.6 Å². The molecule has 1 aromatic heterocycles. The van der Waals surface area contributed by atoms with Crippen LogP contribution in [0.25, 0.3) is 0 Å². The van der Waals surface area contributed by atoms with E-state index in [4.69, 9.17) is 21.6 Å². The summed E-state index contributed by atoms with van der Waals surface area (Å²) in [4.78, 5) is 22.3. The molecule has 2 aromatic rings. The van der Waals surface area contributed by atoms with Gasteiger partial charge in [-0.15, -0.1) is 0 Å². The second-order valence-corrected chi connectivity index (χ2v) is 8.08. The van der Waals surface area contributed by atoms with Gasteiger partial charge in [0.2, 0.25) is 5.91 Å². The maximum atomic E-state index is 13.1. The first kappa shape index (κ1) is 25.6. The predicted molar refractivity (Wildman–Crippen MR) is 123 cm³/mol. The van der Waals surface area contributed by atoms with Crippen LogP contribution in [0.5, 0.6) is 5.75 Å². The highest BCUT2D eigenvalue weighted by atomic mass is 35.5. The van der Waals surface area contributed by atoms with E-state index in [1.807, 2.05) is 16.7 Å². The molecule has 182 valence electrons. The Balaban J connectivity index is 1.61. The number of amides is 1. The highest BCUT2D eigenvalue weighted by molar-refractivity contribution is 6.33. The smallest absolute Gasteiger partial charge is 0.417 e. The van der Waals surface area contributed by atoms with Gasteiger partial charge in [-0.25, -0.2) is 4.98 Å². The second kappa shape index (κ2) is 11.4. The molecule has 1 amide bonds.